The van der Waals surface area contributed by atoms with Crippen molar-refractivity contribution in [3.63, 3.8) is 0 Å². The third-order valence-electron chi connectivity index (χ3n) is 3.21. The van der Waals surface area contributed by atoms with Crippen LogP contribution in [0.2, 0.25) is 0 Å². The molecule has 1 amide bonds. The molecule has 2 rings (SSSR count). The summed E-state index contributed by atoms with van der Waals surface area (Å²) >= 11 is 0. The van der Waals surface area contributed by atoms with Crippen LogP contribution in [0.15, 0.2) is 23.1 Å². The van der Waals surface area contributed by atoms with E-state index in [1.54, 1.807) is 6.92 Å². The monoisotopic (exact) mass is 329 g/mol. The van der Waals surface area contributed by atoms with E-state index in [0.29, 0.717) is 31.1 Å². The van der Waals surface area contributed by atoms with Gasteiger partial charge in [0.25, 0.3) is 15.9 Å². The molecule has 1 aromatic rings. The molecule has 0 saturated heterocycles. The highest BCUT2D eigenvalue weighted by molar-refractivity contribution is 7.90. The average molecular weight is 329 g/mol. The number of benzene rings is 1. The first kappa shape index (κ1) is 16.6. The Balaban J connectivity index is 2.22. The smallest absolute Gasteiger partial charge is 0.264 e. The van der Waals surface area contributed by atoms with Gasteiger partial charge < -0.3 is 14.2 Å². The first-order chi connectivity index (χ1) is 10.5. The van der Waals surface area contributed by atoms with Crippen molar-refractivity contribution in [3.05, 3.63) is 18.2 Å². The Morgan fingerprint density at radius 3 is 2.64 bits per heavy atom. The van der Waals surface area contributed by atoms with Crippen molar-refractivity contribution in [2.75, 3.05) is 20.3 Å². The van der Waals surface area contributed by atoms with Crippen LogP contribution in [-0.2, 0) is 19.6 Å². The Labute approximate surface area is 129 Å². The Bertz CT molecular complexity index is 639. The number of sulfonamides is 1. The SMILES string of the molecule is CC[C@H](OC)C(=O)NS(=O)(=O)c1ccc2c(c1)OCCCO2. The molecule has 1 heterocycles. The largest absolute Gasteiger partial charge is 0.490 e. The van der Waals surface area contributed by atoms with Crippen molar-refractivity contribution in [2.24, 2.45) is 0 Å². The predicted octanol–water partition coefficient (Wildman–Crippen LogP) is 1.08. The quantitative estimate of drug-likeness (QED) is 0.869. The fourth-order valence-corrected chi connectivity index (χ4v) is 3.05. The number of carbonyl (C=O) groups excluding carboxylic acids is 1. The highest BCUT2D eigenvalue weighted by Gasteiger charge is 2.24. The molecule has 0 bridgehead atoms. The minimum absolute atomic E-state index is 0.0592. The van der Waals surface area contributed by atoms with Gasteiger partial charge in [0.05, 0.1) is 18.1 Å². The Kier molecular flexibility index (Phi) is 5.25. The van der Waals surface area contributed by atoms with Crippen LogP contribution in [0.3, 0.4) is 0 Å². The van der Waals surface area contributed by atoms with Gasteiger partial charge in [-0.3, -0.25) is 4.79 Å². The summed E-state index contributed by atoms with van der Waals surface area (Å²) in [5.41, 5.74) is 0. The molecule has 1 aromatic carbocycles. The number of rotatable bonds is 5. The minimum Gasteiger partial charge on any atom is -0.490 e. The molecule has 22 heavy (non-hydrogen) atoms. The topological polar surface area (TPSA) is 90.9 Å². The van der Waals surface area contributed by atoms with Crippen LogP contribution in [0.4, 0.5) is 0 Å². The van der Waals surface area contributed by atoms with E-state index in [1.807, 2.05) is 4.72 Å². The maximum atomic E-state index is 12.3. The lowest BCUT2D eigenvalue weighted by Crippen LogP contribution is -2.39. The third-order valence-corrected chi connectivity index (χ3v) is 4.56. The second kappa shape index (κ2) is 6.97. The summed E-state index contributed by atoms with van der Waals surface area (Å²) in [6.45, 7) is 2.69. The molecule has 1 aliphatic rings. The standard InChI is InChI=1S/C14H19NO6S/c1-3-11(19-2)14(16)15-22(17,18)10-5-6-12-13(9-10)21-8-4-7-20-12/h5-6,9,11H,3-4,7-8H2,1-2H3,(H,15,16)/t11-/m0/s1. The third kappa shape index (κ3) is 3.69. The van der Waals surface area contributed by atoms with Gasteiger partial charge in [0.15, 0.2) is 11.5 Å². The molecule has 0 fully saturated rings. The van der Waals surface area contributed by atoms with Crippen molar-refractivity contribution >= 4 is 15.9 Å². The van der Waals surface area contributed by atoms with E-state index in [9.17, 15) is 13.2 Å². The zero-order chi connectivity index (χ0) is 16.2. The van der Waals surface area contributed by atoms with Gasteiger partial charge >= 0.3 is 0 Å². The minimum atomic E-state index is -3.99. The lowest BCUT2D eigenvalue weighted by atomic mass is 10.3. The Morgan fingerprint density at radius 2 is 2.00 bits per heavy atom. The summed E-state index contributed by atoms with van der Waals surface area (Å²) in [6.07, 6.45) is 0.286. The molecule has 122 valence electrons. The molecule has 7 nitrogen and oxygen atoms in total. The molecule has 0 saturated carbocycles. The number of methoxy groups -OCH3 is 1. The molecule has 1 atom stereocenters. The lowest BCUT2D eigenvalue weighted by molar-refractivity contribution is -0.129. The number of hydrogen-bond acceptors (Lipinski definition) is 6. The molecular weight excluding hydrogens is 310 g/mol. The van der Waals surface area contributed by atoms with Crippen LogP contribution in [0.25, 0.3) is 0 Å². The number of hydrogen-bond donors (Lipinski definition) is 1. The number of amides is 1. The van der Waals surface area contributed by atoms with Crippen LogP contribution < -0.4 is 14.2 Å². The molecule has 1 N–H and O–H groups in total. The van der Waals surface area contributed by atoms with Crippen molar-refractivity contribution < 1.29 is 27.4 Å². The van der Waals surface area contributed by atoms with Crippen molar-refractivity contribution in [1.29, 1.82) is 0 Å². The molecule has 0 unspecified atom stereocenters. The van der Waals surface area contributed by atoms with Gasteiger partial charge in [-0.25, -0.2) is 13.1 Å². The van der Waals surface area contributed by atoms with Gasteiger partial charge in [-0.15, -0.1) is 0 Å². The highest BCUT2D eigenvalue weighted by atomic mass is 32.2. The van der Waals surface area contributed by atoms with Crippen LogP contribution >= 0.6 is 0 Å². The summed E-state index contributed by atoms with van der Waals surface area (Å²) in [6, 6.07) is 4.24. The van der Waals surface area contributed by atoms with Crippen LogP contribution in [0, 0.1) is 0 Å². The molecular formula is C14H19NO6S. The number of fused-ring (bicyclic) bond motifs is 1. The lowest BCUT2D eigenvalue weighted by Gasteiger charge is -2.14. The Hall–Kier alpha value is -1.80. The maximum Gasteiger partial charge on any atom is 0.264 e. The number of ether oxygens (including phenoxy) is 3. The van der Waals surface area contributed by atoms with Gasteiger partial charge in [0.2, 0.25) is 0 Å². The first-order valence-corrected chi connectivity index (χ1v) is 8.45. The van der Waals surface area contributed by atoms with E-state index < -0.39 is 22.0 Å². The summed E-state index contributed by atoms with van der Waals surface area (Å²) in [7, 11) is -2.63. The summed E-state index contributed by atoms with van der Waals surface area (Å²) in [5, 5.41) is 0. The first-order valence-electron chi connectivity index (χ1n) is 6.97. The summed E-state index contributed by atoms with van der Waals surface area (Å²) < 4.78 is 42.4. The van der Waals surface area contributed by atoms with Crippen LogP contribution in [-0.4, -0.2) is 40.8 Å². The van der Waals surface area contributed by atoms with Gasteiger partial charge in [-0.05, 0) is 18.6 Å². The molecule has 0 spiro atoms. The second-order valence-corrected chi connectivity index (χ2v) is 6.44. The molecule has 8 heteroatoms. The van der Waals surface area contributed by atoms with Crippen molar-refractivity contribution in [3.8, 4) is 11.5 Å². The fourth-order valence-electron chi connectivity index (χ4n) is 2.03. The van der Waals surface area contributed by atoms with E-state index >= 15 is 0 Å². The van der Waals surface area contributed by atoms with Gasteiger partial charge in [0.1, 0.15) is 6.10 Å². The molecule has 0 aromatic heterocycles. The maximum absolute atomic E-state index is 12.3. The van der Waals surface area contributed by atoms with Gasteiger partial charge in [0, 0.05) is 19.6 Å². The zero-order valence-corrected chi connectivity index (χ0v) is 13.3. The number of carbonyl (C=O) groups is 1. The van der Waals surface area contributed by atoms with E-state index in [4.69, 9.17) is 14.2 Å². The van der Waals surface area contributed by atoms with Gasteiger partial charge in [-0.2, -0.15) is 0 Å². The average Bonchev–Trinajstić information content (AvgIpc) is 2.72. The van der Waals surface area contributed by atoms with E-state index in [0.717, 1.165) is 6.42 Å². The van der Waals surface area contributed by atoms with Crippen molar-refractivity contribution in [2.45, 2.75) is 30.8 Å². The van der Waals surface area contributed by atoms with Crippen LogP contribution in [0.1, 0.15) is 19.8 Å². The number of nitrogens with one attached hydrogen (secondary N) is 1. The predicted molar refractivity (Wildman–Crippen MR) is 78.5 cm³/mol. The fraction of sp³-hybridized carbons (Fsp3) is 0.500. The zero-order valence-electron chi connectivity index (χ0n) is 12.5. The Morgan fingerprint density at radius 1 is 1.32 bits per heavy atom. The normalized spacial score (nSPS) is 15.7. The molecule has 1 aliphatic heterocycles. The summed E-state index contributed by atoms with van der Waals surface area (Å²) in [4.78, 5) is 11.8. The van der Waals surface area contributed by atoms with Crippen LogP contribution in [0.5, 0.6) is 11.5 Å². The second-order valence-electron chi connectivity index (χ2n) is 4.76. The van der Waals surface area contributed by atoms with E-state index in [2.05, 4.69) is 0 Å². The molecule has 0 aliphatic carbocycles. The van der Waals surface area contributed by atoms with E-state index in [1.165, 1.54) is 25.3 Å². The van der Waals surface area contributed by atoms with Gasteiger partial charge in [-0.1, -0.05) is 6.92 Å². The highest BCUT2D eigenvalue weighted by Crippen LogP contribution is 2.31. The molecule has 0 radical (unpaired) electrons. The summed E-state index contributed by atoms with van der Waals surface area (Å²) in [5.74, 6) is 0.148. The van der Waals surface area contributed by atoms with Crippen molar-refractivity contribution in [1.82, 2.24) is 4.72 Å². The van der Waals surface area contributed by atoms with E-state index in [-0.39, 0.29) is 4.90 Å².